The standard InChI is InChI=1S/C23H20N6O3/c1-32-20-11-12-21(30)19(13-20)14-24-26-23(31)18-9-7-16(8-10-18)15-29-27-22(25-28-29)17-5-3-2-4-6-17/h2-14,30H,15H2,1H3,(H,26,31)/b24-14+. The summed E-state index contributed by atoms with van der Waals surface area (Å²) in [6.07, 6.45) is 1.35. The normalized spacial score (nSPS) is 10.9. The molecule has 32 heavy (non-hydrogen) atoms. The van der Waals surface area contributed by atoms with Crippen molar-refractivity contribution >= 4 is 12.1 Å². The first kappa shape index (κ1) is 20.7. The summed E-state index contributed by atoms with van der Waals surface area (Å²) >= 11 is 0. The van der Waals surface area contributed by atoms with Crippen molar-refractivity contribution in [1.29, 1.82) is 0 Å². The van der Waals surface area contributed by atoms with Crippen LogP contribution in [0.2, 0.25) is 0 Å². The molecule has 0 radical (unpaired) electrons. The number of ether oxygens (including phenoxy) is 1. The van der Waals surface area contributed by atoms with E-state index in [1.54, 1.807) is 24.3 Å². The molecule has 0 bridgehead atoms. The summed E-state index contributed by atoms with van der Waals surface area (Å²) in [6.45, 7) is 0.426. The van der Waals surface area contributed by atoms with Crippen molar-refractivity contribution in [1.82, 2.24) is 25.6 Å². The maximum Gasteiger partial charge on any atom is 0.271 e. The van der Waals surface area contributed by atoms with Crippen molar-refractivity contribution in [3.63, 3.8) is 0 Å². The van der Waals surface area contributed by atoms with Crippen LogP contribution in [0.4, 0.5) is 0 Å². The molecule has 9 heteroatoms. The fraction of sp³-hybridized carbons (Fsp3) is 0.0870. The van der Waals surface area contributed by atoms with E-state index in [-0.39, 0.29) is 11.7 Å². The summed E-state index contributed by atoms with van der Waals surface area (Å²) in [5.41, 5.74) is 5.13. The molecular formula is C23H20N6O3. The van der Waals surface area contributed by atoms with Crippen LogP contribution in [0.1, 0.15) is 21.5 Å². The maximum absolute atomic E-state index is 12.3. The van der Waals surface area contributed by atoms with E-state index in [9.17, 15) is 9.90 Å². The highest BCUT2D eigenvalue weighted by Crippen LogP contribution is 2.21. The van der Waals surface area contributed by atoms with Crippen molar-refractivity contribution in [2.45, 2.75) is 6.54 Å². The van der Waals surface area contributed by atoms with Gasteiger partial charge in [-0.1, -0.05) is 42.5 Å². The molecule has 0 unspecified atom stereocenters. The molecule has 160 valence electrons. The predicted molar refractivity (Wildman–Crippen MR) is 119 cm³/mol. The fourth-order valence-corrected chi connectivity index (χ4v) is 2.93. The number of nitrogens with zero attached hydrogens (tertiary/aromatic N) is 5. The Morgan fingerprint density at radius 3 is 2.66 bits per heavy atom. The largest absolute Gasteiger partial charge is 0.507 e. The van der Waals surface area contributed by atoms with Gasteiger partial charge in [0.1, 0.15) is 11.5 Å². The Balaban J connectivity index is 1.36. The number of amides is 1. The zero-order valence-electron chi connectivity index (χ0n) is 17.2. The van der Waals surface area contributed by atoms with Crippen LogP contribution >= 0.6 is 0 Å². The first-order chi connectivity index (χ1) is 15.6. The third-order valence-corrected chi connectivity index (χ3v) is 4.63. The number of nitrogens with one attached hydrogen (secondary N) is 1. The molecule has 3 aromatic carbocycles. The highest BCUT2D eigenvalue weighted by Gasteiger charge is 2.08. The summed E-state index contributed by atoms with van der Waals surface area (Å²) in [5, 5.41) is 26.3. The maximum atomic E-state index is 12.3. The van der Waals surface area contributed by atoms with Gasteiger partial charge in [-0.05, 0) is 41.1 Å². The Kier molecular flexibility index (Phi) is 6.17. The quantitative estimate of drug-likeness (QED) is 0.346. The average Bonchev–Trinajstić information content (AvgIpc) is 3.30. The van der Waals surface area contributed by atoms with Gasteiger partial charge < -0.3 is 9.84 Å². The number of aromatic hydroxyl groups is 1. The lowest BCUT2D eigenvalue weighted by molar-refractivity contribution is 0.0955. The molecule has 0 fully saturated rings. The van der Waals surface area contributed by atoms with Crippen molar-refractivity contribution < 1.29 is 14.6 Å². The number of tetrazole rings is 1. The van der Waals surface area contributed by atoms with Gasteiger partial charge in [-0.15, -0.1) is 10.2 Å². The smallest absolute Gasteiger partial charge is 0.271 e. The SMILES string of the molecule is COc1ccc(O)c(/C=N/NC(=O)c2ccc(Cn3nnc(-c4ccccc4)n3)cc2)c1. The van der Waals surface area contributed by atoms with Crippen molar-refractivity contribution in [2.24, 2.45) is 5.10 Å². The molecule has 0 saturated carbocycles. The van der Waals surface area contributed by atoms with Crippen molar-refractivity contribution in [3.05, 3.63) is 89.5 Å². The second-order valence-electron chi connectivity index (χ2n) is 6.83. The molecule has 1 amide bonds. The average molecular weight is 428 g/mol. The number of carbonyl (C=O) groups excluding carboxylic acids is 1. The van der Waals surface area contributed by atoms with Gasteiger partial charge in [-0.2, -0.15) is 9.90 Å². The third-order valence-electron chi connectivity index (χ3n) is 4.63. The first-order valence-corrected chi connectivity index (χ1v) is 9.75. The predicted octanol–water partition coefficient (Wildman–Crippen LogP) is 2.87. The number of phenols is 1. The molecule has 2 N–H and O–H groups in total. The number of aromatic nitrogens is 4. The van der Waals surface area contributed by atoms with Gasteiger partial charge in [0.2, 0.25) is 5.82 Å². The second kappa shape index (κ2) is 9.52. The Hall–Kier alpha value is -4.53. The summed E-state index contributed by atoms with van der Waals surface area (Å²) in [6, 6.07) is 21.4. The van der Waals surface area contributed by atoms with Gasteiger partial charge in [0, 0.05) is 16.7 Å². The monoisotopic (exact) mass is 428 g/mol. The molecule has 0 aliphatic heterocycles. The molecule has 9 nitrogen and oxygen atoms in total. The molecular weight excluding hydrogens is 408 g/mol. The number of hydrogen-bond donors (Lipinski definition) is 2. The van der Waals surface area contributed by atoms with E-state index >= 15 is 0 Å². The number of benzene rings is 3. The number of rotatable bonds is 7. The number of carbonyl (C=O) groups is 1. The minimum absolute atomic E-state index is 0.0327. The van der Waals surface area contributed by atoms with Gasteiger partial charge in [0.05, 0.1) is 19.9 Å². The van der Waals surface area contributed by atoms with Crippen LogP contribution in [0.15, 0.2) is 77.9 Å². The fourth-order valence-electron chi connectivity index (χ4n) is 2.93. The highest BCUT2D eigenvalue weighted by molar-refractivity contribution is 5.95. The highest BCUT2D eigenvalue weighted by atomic mass is 16.5. The lowest BCUT2D eigenvalue weighted by Crippen LogP contribution is -2.17. The van der Waals surface area contributed by atoms with Gasteiger partial charge in [0.25, 0.3) is 5.91 Å². The zero-order valence-corrected chi connectivity index (χ0v) is 17.2. The molecule has 1 heterocycles. The van der Waals surface area contributed by atoms with Crippen LogP contribution in [0.5, 0.6) is 11.5 Å². The summed E-state index contributed by atoms with van der Waals surface area (Å²) < 4.78 is 5.11. The Morgan fingerprint density at radius 2 is 1.91 bits per heavy atom. The number of methoxy groups -OCH3 is 1. The molecule has 0 aliphatic carbocycles. The van der Waals surface area contributed by atoms with E-state index in [4.69, 9.17) is 4.74 Å². The summed E-state index contributed by atoms with van der Waals surface area (Å²) in [7, 11) is 1.53. The Morgan fingerprint density at radius 1 is 1.12 bits per heavy atom. The van der Waals surface area contributed by atoms with Crippen LogP contribution in [0, 0.1) is 0 Å². The Bertz CT molecular complexity index is 1240. The lowest BCUT2D eigenvalue weighted by atomic mass is 10.1. The molecule has 0 saturated heterocycles. The van der Waals surface area contributed by atoms with E-state index < -0.39 is 0 Å². The zero-order chi connectivity index (χ0) is 22.3. The van der Waals surface area contributed by atoms with Crippen LogP contribution in [-0.2, 0) is 6.54 Å². The van der Waals surface area contributed by atoms with Gasteiger partial charge in [0.15, 0.2) is 0 Å². The van der Waals surface area contributed by atoms with E-state index in [0.29, 0.717) is 29.2 Å². The van der Waals surface area contributed by atoms with Crippen LogP contribution in [0.25, 0.3) is 11.4 Å². The van der Waals surface area contributed by atoms with Gasteiger partial charge >= 0.3 is 0 Å². The number of phenolic OH excluding ortho intramolecular Hbond substituents is 1. The molecule has 4 aromatic rings. The van der Waals surface area contributed by atoms with Gasteiger partial charge in [-0.25, -0.2) is 5.43 Å². The topological polar surface area (TPSA) is 115 Å². The summed E-state index contributed by atoms with van der Waals surface area (Å²) in [4.78, 5) is 13.8. The second-order valence-corrected chi connectivity index (χ2v) is 6.83. The van der Waals surface area contributed by atoms with E-state index in [1.807, 2.05) is 42.5 Å². The van der Waals surface area contributed by atoms with E-state index in [1.165, 1.54) is 24.2 Å². The third kappa shape index (κ3) is 4.96. The minimum Gasteiger partial charge on any atom is -0.507 e. The lowest BCUT2D eigenvalue weighted by Gasteiger charge is -2.04. The van der Waals surface area contributed by atoms with Gasteiger partial charge in [-0.3, -0.25) is 4.79 Å². The molecule has 4 rings (SSSR count). The van der Waals surface area contributed by atoms with Crippen molar-refractivity contribution in [3.8, 4) is 22.9 Å². The number of hydrazone groups is 1. The molecule has 0 aliphatic rings. The first-order valence-electron chi connectivity index (χ1n) is 9.75. The summed E-state index contributed by atoms with van der Waals surface area (Å²) in [5.74, 6) is 0.788. The molecule has 0 atom stereocenters. The van der Waals surface area contributed by atoms with Crippen LogP contribution in [0.3, 0.4) is 0 Å². The Labute approximate surface area is 184 Å². The number of hydrogen-bond acceptors (Lipinski definition) is 7. The van der Waals surface area contributed by atoms with E-state index in [2.05, 4.69) is 25.9 Å². The van der Waals surface area contributed by atoms with Crippen LogP contribution in [-0.4, -0.2) is 44.5 Å². The van der Waals surface area contributed by atoms with E-state index in [0.717, 1.165) is 11.1 Å². The van der Waals surface area contributed by atoms with Crippen LogP contribution < -0.4 is 10.2 Å². The molecule has 1 aromatic heterocycles. The minimum atomic E-state index is -0.375. The van der Waals surface area contributed by atoms with Crippen molar-refractivity contribution in [2.75, 3.05) is 7.11 Å². The molecule has 0 spiro atoms.